The van der Waals surface area contributed by atoms with E-state index in [1.807, 2.05) is 24.3 Å². The molecule has 1 saturated carbocycles. The minimum Gasteiger partial charge on any atom is -0.352 e. The maximum absolute atomic E-state index is 12.3. The number of hydrogen-bond acceptors (Lipinski definition) is 3. The molecule has 5 nitrogen and oxygen atoms in total. The molecule has 3 rings (SSSR count). The van der Waals surface area contributed by atoms with Gasteiger partial charge in [-0.1, -0.05) is 31.4 Å². The monoisotopic (exact) mass is 315 g/mol. The molecule has 3 N–H and O–H groups in total. The van der Waals surface area contributed by atoms with E-state index >= 15 is 0 Å². The number of hydrogen-bond donors (Lipinski definition) is 3. The van der Waals surface area contributed by atoms with E-state index in [0.29, 0.717) is 6.54 Å². The Bertz CT molecular complexity index is 563. The molecule has 1 heterocycles. The van der Waals surface area contributed by atoms with Crippen LogP contribution in [0.5, 0.6) is 0 Å². The van der Waals surface area contributed by atoms with Gasteiger partial charge in [0.2, 0.25) is 11.8 Å². The van der Waals surface area contributed by atoms with Gasteiger partial charge in [0.1, 0.15) is 0 Å². The number of amides is 2. The third kappa shape index (κ3) is 4.32. The van der Waals surface area contributed by atoms with Crippen LogP contribution in [-0.4, -0.2) is 24.9 Å². The maximum atomic E-state index is 12.3. The number of carbonyl (C=O) groups is 2. The van der Waals surface area contributed by atoms with E-state index in [4.69, 9.17) is 0 Å². The smallest absolute Gasteiger partial charge is 0.227 e. The van der Waals surface area contributed by atoms with Crippen LogP contribution in [0.3, 0.4) is 0 Å². The van der Waals surface area contributed by atoms with Crippen molar-refractivity contribution in [2.75, 3.05) is 18.4 Å². The Labute approximate surface area is 137 Å². The Morgan fingerprint density at radius 2 is 1.83 bits per heavy atom. The lowest BCUT2D eigenvalue weighted by atomic mass is 9.88. The molecule has 1 aromatic carbocycles. The first-order chi connectivity index (χ1) is 11.2. The summed E-state index contributed by atoms with van der Waals surface area (Å²) in [6.07, 6.45) is 5.55. The van der Waals surface area contributed by atoms with Crippen molar-refractivity contribution in [3.63, 3.8) is 0 Å². The van der Waals surface area contributed by atoms with Gasteiger partial charge in [0, 0.05) is 31.2 Å². The summed E-state index contributed by atoms with van der Waals surface area (Å²) in [5.74, 6) is 0.481. The van der Waals surface area contributed by atoms with Crippen LogP contribution in [0.2, 0.25) is 0 Å². The first kappa shape index (κ1) is 16.0. The highest BCUT2D eigenvalue weighted by atomic mass is 16.2. The van der Waals surface area contributed by atoms with Gasteiger partial charge in [0.15, 0.2) is 0 Å². The Morgan fingerprint density at radius 1 is 1.04 bits per heavy atom. The summed E-state index contributed by atoms with van der Waals surface area (Å²) in [4.78, 5) is 24.1. The Balaban J connectivity index is 1.52. The second-order valence-corrected chi connectivity index (χ2v) is 6.60. The molecule has 2 aliphatic rings. The topological polar surface area (TPSA) is 70.2 Å². The third-order valence-electron chi connectivity index (χ3n) is 4.79. The van der Waals surface area contributed by atoms with Crippen molar-refractivity contribution in [3.05, 3.63) is 29.8 Å². The molecule has 2 amide bonds. The molecular weight excluding hydrogens is 290 g/mol. The van der Waals surface area contributed by atoms with Crippen LogP contribution < -0.4 is 16.0 Å². The summed E-state index contributed by atoms with van der Waals surface area (Å²) in [5, 5.41) is 9.07. The van der Waals surface area contributed by atoms with E-state index in [1.165, 1.54) is 6.42 Å². The van der Waals surface area contributed by atoms with Crippen LogP contribution in [0.15, 0.2) is 24.3 Å². The van der Waals surface area contributed by atoms with Crippen LogP contribution in [0.25, 0.3) is 0 Å². The number of anilines is 1. The lowest BCUT2D eigenvalue weighted by Crippen LogP contribution is -2.50. The van der Waals surface area contributed by atoms with Crippen molar-refractivity contribution in [1.82, 2.24) is 10.6 Å². The average Bonchev–Trinajstić information content (AvgIpc) is 2.52. The molecule has 0 bridgehead atoms. The van der Waals surface area contributed by atoms with Crippen molar-refractivity contribution in [1.29, 1.82) is 0 Å². The van der Waals surface area contributed by atoms with E-state index in [1.54, 1.807) is 0 Å². The molecule has 0 unspecified atom stereocenters. The lowest BCUT2D eigenvalue weighted by molar-refractivity contribution is -0.126. The average molecular weight is 315 g/mol. The van der Waals surface area contributed by atoms with Crippen molar-refractivity contribution >= 4 is 17.5 Å². The van der Waals surface area contributed by atoms with Gasteiger partial charge in [-0.05, 0) is 30.5 Å². The van der Waals surface area contributed by atoms with Crippen LogP contribution >= 0.6 is 0 Å². The highest BCUT2D eigenvalue weighted by molar-refractivity contribution is 5.92. The molecule has 0 spiro atoms. The first-order valence-corrected chi connectivity index (χ1v) is 8.60. The predicted molar refractivity (Wildman–Crippen MR) is 89.9 cm³/mol. The zero-order valence-electron chi connectivity index (χ0n) is 13.4. The fourth-order valence-electron chi connectivity index (χ4n) is 3.18. The minimum atomic E-state index is 0.0976. The first-order valence-electron chi connectivity index (χ1n) is 8.60. The lowest BCUT2D eigenvalue weighted by Gasteiger charge is -2.25. The molecule has 0 radical (unpaired) electrons. The number of carbonyl (C=O) groups excluding carboxylic acids is 2. The maximum Gasteiger partial charge on any atom is 0.227 e. The molecule has 1 aromatic rings. The van der Waals surface area contributed by atoms with Gasteiger partial charge in [0.05, 0.1) is 5.92 Å². The number of rotatable bonds is 5. The van der Waals surface area contributed by atoms with E-state index in [9.17, 15) is 9.59 Å². The van der Waals surface area contributed by atoms with Gasteiger partial charge in [0.25, 0.3) is 0 Å². The van der Waals surface area contributed by atoms with E-state index in [2.05, 4.69) is 16.0 Å². The van der Waals surface area contributed by atoms with Crippen LogP contribution in [0.4, 0.5) is 5.69 Å². The summed E-state index contributed by atoms with van der Waals surface area (Å²) >= 11 is 0. The van der Waals surface area contributed by atoms with Gasteiger partial charge in [-0.25, -0.2) is 0 Å². The highest BCUT2D eigenvalue weighted by Crippen LogP contribution is 2.25. The second-order valence-electron chi connectivity index (χ2n) is 6.60. The SMILES string of the molecule is O=C(NCc1cccc(NC(=O)C2CCCCC2)c1)C1CNC1. The summed E-state index contributed by atoms with van der Waals surface area (Å²) in [6, 6.07) is 7.74. The number of nitrogens with one attached hydrogen (secondary N) is 3. The van der Waals surface area contributed by atoms with Crippen molar-refractivity contribution in [2.45, 2.75) is 38.6 Å². The minimum absolute atomic E-state index is 0.0976. The van der Waals surface area contributed by atoms with Crippen molar-refractivity contribution < 1.29 is 9.59 Å². The van der Waals surface area contributed by atoms with Gasteiger partial charge in [-0.3, -0.25) is 9.59 Å². The Morgan fingerprint density at radius 3 is 2.52 bits per heavy atom. The molecule has 1 aliphatic heterocycles. The second kappa shape index (κ2) is 7.59. The largest absolute Gasteiger partial charge is 0.352 e. The summed E-state index contributed by atoms with van der Waals surface area (Å²) < 4.78 is 0. The summed E-state index contributed by atoms with van der Waals surface area (Å²) in [5.41, 5.74) is 1.82. The fourth-order valence-corrected chi connectivity index (χ4v) is 3.18. The quantitative estimate of drug-likeness (QED) is 0.779. The van der Waals surface area contributed by atoms with E-state index < -0.39 is 0 Å². The van der Waals surface area contributed by atoms with Gasteiger partial charge >= 0.3 is 0 Å². The fraction of sp³-hybridized carbons (Fsp3) is 0.556. The zero-order chi connectivity index (χ0) is 16.1. The third-order valence-corrected chi connectivity index (χ3v) is 4.79. The molecule has 2 fully saturated rings. The van der Waals surface area contributed by atoms with Crippen LogP contribution in [0.1, 0.15) is 37.7 Å². The van der Waals surface area contributed by atoms with E-state index in [0.717, 1.165) is 50.0 Å². The molecular formula is C18H25N3O2. The van der Waals surface area contributed by atoms with Crippen molar-refractivity contribution in [3.8, 4) is 0 Å². The molecule has 124 valence electrons. The normalized spacial score (nSPS) is 19.0. The zero-order valence-corrected chi connectivity index (χ0v) is 13.4. The van der Waals surface area contributed by atoms with Crippen LogP contribution in [0, 0.1) is 11.8 Å². The Hall–Kier alpha value is -1.88. The van der Waals surface area contributed by atoms with Gasteiger partial charge < -0.3 is 16.0 Å². The van der Waals surface area contributed by atoms with Crippen molar-refractivity contribution in [2.24, 2.45) is 11.8 Å². The molecule has 5 heteroatoms. The van der Waals surface area contributed by atoms with E-state index in [-0.39, 0.29) is 23.7 Å². The molecule has 1 saturated heterocycles. The highest BCUT2D eigenvalue weighted by Gasteiger charge is 2.24. The van der Waals surface area contributed by atoms with Gasteiger partial charge in [-0.2, -0.15) is 0 Å². The standard InChI is InChI=1S/C18H25N3O2/c22-17(15-11-19-12-15)20-10-13-5-4-8-16(9-13)21-18(23)14-6-2-1-3-7-14/h4-5,8-9,14-15,19H,1-3,6-7,10-12H2,(H,20,22)(H,21,23). The number of benzene rings is 1. The Kier molecular flexibility index (Phi) is 5.28. The molecule has 23 heavy (non-hydrogen) atoms. The molecule has 0 atom stereocenters. The summed E-state index contributed by atoms with van der Waals surface area (Å²) in [7, 11) is 0. The predicted octanol–water partition coefficient (Wildman–Crippen LogP) is 2.04. The molecule has 0 aromatic heterocycles. The van der Waals surface area contributed by atoms with Crippen LogP contribution in [-0.2, 0) is 16.1 Å². The summed E-state index contributed by atoms with van der Waals surface area (Å²) in [6.45, 7) is 2.04. The molecule has 1 aliphatic carbocycles. The van der Waals surface area contributed by atoms with Gasteiger partial charge in [-0.15, -0.1) is 0 Å².